The molecule has 4 aromatic rings. The summed E-state index contributed by atoms with van der Waals surface area (Å²) in [7, 11) is 0. The van der Waals surface area contributed by atoms with Crippen LogP contribution in [0.3, 0.4) is 0 Å². The number of halogens is 2. The summed E-state index contributed by atoms with van der Waals surface area (Å²) in [6, 6.07) is 19.6. The van der Waals surface area contributed by atoms with Crippen molar-refractivity contribution < 1.29 is 9.59 Å². The largest absolute Gasteiger partial charge is 0.348 e. The van der Waals surface area contributed by atoms with Gasteiger partial charge in [0.1, 0.15) is 0 Å². The first-order chi connectivity index (χ1) is 16.9. The highest BCUT2D eigenvalue weighted by Gasteiger charge is 2.21. The number of benzene rings is 3. The van der Waals surface area contributed by atoms with Gasteiger partial charge in [-0.1, -0.05) is 35.3 Å². The summed E-state index contributed by atoms with van der Waals surface area (Å²) >= 11 is 12.0. The Hall–Kier alpha value is -3.94. The Morgan fingerprint density at radius 3 is 2.49 bits per heavy atom. The van der Waals surface area contributed by atoms with Crippen LogP contribution in [0.25, 0.3) is 11.3 Å². The molecule has 0 unspecified atom stereocenters. The van der Waals surface area contributed by atoms with Gasteiger partial charge in [0.15, 0.2) is 0 Å². The molecule has 0 fully saturated rings. The molecule has 0 bridgehead atoms. The van der Waals surface area contributed by atoms with E-state index in [1.165, 1.54) is 0 Å². The molecule has 2 amide bonds. The molecular formula is C26H19Cl2N5O2. The Morgan fingerprint density at radius 2 is 1.71 bits per heavy atom. The number of nitrogens with one attached hydrogen (secondary N) is 3. The maximum absolute atomic E-state index is 12.5. The molecule has 7 nitrogen and oxygen atoms in total. The van der Waals surface area contributed by atoms with Gasteiger partial charge in [-0.05, 0) is 60.2 Å². The molecule has 1 aliphatic rings. The molecule has 1 aliphatic heterocycles. The van der Waals surface area contributed by atoms with Gasteiger partial charge >= 0.3 is 0 Å². The van der Waals surface area contributed by atoms with Crippen LogP contribution in [0.2, 0.25) is 10.0 Å². The van der Waals surface area contributed by atoms with Gasteiger partial charge in [-0.15, -0.1) is 0 Å². The van der Waals surface area contributed by atoms with E-state index >= 15 is 0 Å². The summed E-state index contributed by atoms with van der Waals surface area (Å²) in [6.45, 7) is 0.406. The average Bonchev–Trinajstić information content (AvgIpc) is 2.98. The van der Waals surface area contributed by atoms with Crippen LogP contribution >= 0.6 is 23.2 Å². The lowest BCUT2D eigenvalue weighted by Crippen LogP contribution is -2.22. The van der Waals surface area contributed by atoms with Crippen molar-refractivity contribution in [1.82, 2.24) is 15.3 Å². The first-order valence-corrected chi connectivity index (χ1v) is 11.6. The van der Waals surface area contributed by atoms with Crippen LogP contribution in [-0.2, 0) is 17.8 Å². The molecule has 0 aliphatic carbocycles. The van der Waals surface area contributed by atoms with Gasteiger partial charge < -0.3 is 16.0 Å². The predicted molar refractivity (Wildman–Crippen MR) is 137 cm³/mol. The van der Waals surface area contributed by atoms with Gasteiger partial charge in [0.25, 0.3) is 5.91 Å². The molecule has 2 heterocycles. The number of nitrogens with zero attached hydrogens (tertiary/aromatic N) is 2. The van der Waals surface area contributed by atoms with Gasteiger partial charge in [-0.2, -0.15) is 0 Å². The van der Waals surface area contributed by atoms with E-state index in [0.717, 1.165) is 22.4 Å². The van der Waals surface area contributed by atoms with Gasteiger partial charge in [-0.3, -0.25) is 9.59 Å². The molecule has 35 heavy (non-hydrogen) atoms. The predicted octanol–water partition coefficient (Wildman–Crippen LogP) is 5.62. The second-order valence-corrected chi connectivity index (χ2v) is 8.87. The monoisotopic (exact) mass is 503 g/mol. The number of carbonyl (C=O) groups is 2. The number of fused-ring (bicyclic) bond motifs is 3. The van der Waals surface area contributed by atoms with Crippen LogP contribution < -0.4 is 16.0 Å². The number of carbonyl (C=O) groups excluding carboxylic acids is 2. The van der Waals surface area contributed by atoms with Crippen LogP contribution in [0, 0.1) is 0 Å². The second kappa shape index (κ2) is 9.74. The van der Waals surface area contributed by atoms with Gasteiger partial charge in [0.05, 0.1) is 17.8 Å². The molecule has 5 rings (SSSR count). The van der Waals surface area contributed by atoms with Gasteiger partial charge in [0, 0.05) is 45.2 Å². The minimum absolute atomic E-state index is 0.151. The molecule has 3 aromatic carbocycles. The Kier molecular flexibility index (Phi) is 6.35. The Balaban J connectivity index is 1.30. The lowest BCUT2D eigenvalue weighted by atomic mass is 10.1. The number of hydrogen-bond donors (Lipinski definition) is 3. The number of anilines is 3. The summed E-state index contributed by atoms with van der Waals surface area (Å²) < 4.78 is 0. The lowest BCUT2D eigenvalue weighted by molar-refractivity contribution is -0.115. The zero-order valence-corrected chi connectivity index (χ0v) is 19.8. The quantitative estimate of drug-likeness (QED) is 0.328. The van der Waals surface area contributed by atoms with E-state index in [-0.39, 0.29) is 18.2 Å². The summed E-state index contributed by atoms with van der Waals surface area (Å²) in [5, 5.41) is 10.1. The minimum atomic E-state index is -0.180. The number of rotatable bonds is 5. The number of amides is 2. The van der Waals surface area contributed by atoms with Gasteiger partial charge in [-0.25, -0.2) is 9.97 Å². The van der Waals surface area contributed by atoms with E-state index in [2.05, 4.69) is 25.9 Å². The van der Waals surface area contributed by atoms with E-state index in [1.54, 1.807) is 54.7 Å². The molecular weight excluding hydrogens is 485 g/mol. The normalized spacial score (nSPS) is 12.1. The molecule has 3 N–H and O–H groups in total. The zero-order chi connectivity index (χ0) is 24.4. The van der Waals surface area contributed by atoms with Crippen molar-refractivity contribution in [2.75, 3.05) is 10.6 Å². The topological polar surface area (TPSA) is 96.0 Å². The fourth-order valence-electron chi connectivity index (χ4n) is 3.74. The summed E-state index contributed by atoms with van der Waals surface area (Å²) in [4.78, 5) is 33.8. The lowest BCUT2D eigenvalue weighted by Gasteiger charge is -2.11. The van der Waals surface area contributed by atoms with Crippen LogP contribution in [0.5, 0.6) is 0 Å². The van der Waals surface area contributed by atoms with Crippen molar-refractivity contribution in [1.29, 1.82) is 0 Å². The van der Waals surface area contributed by atoms with Crippen molar-refractivity contribution in [2.24, 2.45) is 0 Å². The maximum Gasteiger partial charge on any atom is 0.251 e. The minimum Gasteiger partial charge on any atom is -0.348 e. The van der Waals surface area contributed by atoms with E-state index < -0.39 is 0 Å². The molecule has 0 spiro atoms. The third kappa shape index (κ3) is 5.26. The van der Waals surface area contributed by atoms with Crippen molar-refractivity contribution in [3.63, 3.8) is 0 Å². The van der Waals surface area contributed by atoms with Crippen molar-refractivity contribution >= 4 is 52.3 Å². The SMILES string of the molecule is O=C1Cc2cnc(Nc3ccc(C(=O)NCc4ccc(Cl)cc4)cc3)nc2-c2ccc(Cl)cc2N1. The summed E-state index contributed by atoms with van der Waals surface area (Å²) in [5.41, 5.74) is 4.98. The van der Waals surface area contributed by atoms with Crippen molar-refractivity contribution in [3.05, 3.63) is 99.7 Å². The fraction of sp³-hybridized carbons (Fsp3) is 0.0769. The Bertz CT molecular complexity index is 1420. The van der Waals surface area contributed by atoms with Crippen molar-refractivity contribution in [3.8, 4) is 11.3 Å². The Labute approximate surface area is 211 Å². The molecule has 0 atom stereocenters. The first kappa shape index (κ1) is 22.8. The van der Waals surface area contributed by atoms with Crippen LogP contribution in [0.4, 0.5) is 17.3 Å². The molecule has 0 saturated carbocycles. The van der Waals surface area contributed by atoms with E-state index in [4.69, 9.17) is 23.2 Å². The zero-order valence-electron chi connectivity index (χ0n) is 18.3. The fourth-order valence-corrected chi connectivity index (χ4v) is 4.04. The molecule has 9 heteroatoms. The maximum atomic E-state index is 12.5. The third-order valence-corrected chi connectivity index (χ3v) is 5.98. The highest BCUT2D eigenvalue weighted by atomic mass is 35.5. The first-order valence-electron chi connectivity index (χ1n) is 10.8. The summed E-state index contributed by atoms with van der Waals surface area (Å²) in [5.74, 6) is 0.0423. The van der Waals surface area contributed by atoms with Crippen LogP contribution in [0.1, 0.15) is 21.5 Å². The van der Waals surface area contributed by atoms with Crippen molar-refractivity contribution in [2.45, 2.75) is 13.0 Å². The van der Waals surface area contributed by atoms with E-state index in [9.17, 15) is 9.59 Å². The third-order valence-electron chi connectivity index (χ3n) is 5.50. The average molecular weight is 504 g/mol. The number of aromatic nitrogens is 2. The molecule has 0 saturated heterocycles. The smallest absolute Gasteiger partial charge is 0.251 e. The van der Waals surface area contributed by atoms with Crippen LogP contribution in [0.15, 0.2) is 72.9 Å². The number of hydrogen-bond acceptors (Lipinski definition) is 5. The molecule has 174 valence electrons. The highest BCUT2D eigenvalue weighted by Crippen LogP contribution is 2.34. The molecule has 1 aromatic heterocycles. The standard InChI is InChI=1S/C26H19Cl2N5O2/c27-18-5-1-15(2-6-18)13-29-25(35)16-3-8-20(9-4-16)31-26-30-14-17-11-23(34)32-22-12-19(28)7-10-21(22)24(17)33-26/h1-10,12,14H,11,13H2,(H,29,35)(H,32,34)(H,30,31,33). The highest BCUT2D eigenvalue weighted by molar-refractivity contribution is 6.31. The Morgan fingerprint density at radius 1 is 0.971 bits per heavy atom. The van der Waals surface area contributed by atoms with Crippen LogP contribution in [-0.4, -0.2) is 21.8 Å². The van der Waals surface area contributed by atoms with E-state index in [1.807, 2.05) is 18.2 Å². The second-order valence-electron chi connectivity index (χ2n) is 7.99. The molecule has 0 radical (unpaired) electrons. The van der Waals surface area contributed by atoms with E-state index in [0.29, 0.717) is 39.5 Å². The summed E-state index contributed by atoms with van der Waals surface area (Å²) in [6.07, 6.45) is 1.81. The van der Waals surface area contributed by atoms with Gasteiger partial charge in [0.2, 0.25) is 11.9 Å².